The van der Waals surface area contributed by atoms with Crippen LogP contribution < -0.4 is 5.32 Å². The molecule has 1 aliphatic rings. The Morgan fingerprint density at radius 2 is 1.84 bits per heavy atom. The van der Waals surface area contributed by atoms with Crippen LogP contribution in [0.5, 0.6) is 0 Å². The maximum Gasteiger partial charge on any atom is 0.336 e. The van der Waals surface area contributed by atoms with Crippen LogP contribution in [0, 0.1) is 6.92 Å². The number of hydrogen-bond acceptors (Lipinski definition) is 4. The molecule has 0 saturated carbocycles. The van der Waals surface area contributed by atoms with Crippen molar-refractivity contribution in [1.29, 1.82) is 0 Å². The number of esters is 1. The summed E-state index contributed by atoms with van der Waals surface area (Å²) in [6, 6.07) is 17.3. The number of aryl methyl sites for hydroxylation is 1. The molecule has 31 heavy (non-hydrogen) atoms. The van der Waals surface area contributed by atoms with Gasteiger partial charge < -0.3 is 15.0 Å². The highest BCUT2D eigenvalue weighted by molar-refractivity contribution is 5.97. The summed E-state index contributed by atoms with van der Waals surface area (Å²) >= 11 is 0. The molecule has 1 N–H and O–H groups in total. The number of amides is 2. The second-order valence-corrected chi connectivity index (χ2v) is 7.63. The van der Waals surface area contributed by atoms with Crippen molar-refractivity contribution in [3.05, 3.63) is 82.6 Å². The van der Waals surface area contributed by atoms with E-state index in [0.717, 1.165) is 16.7 Å². The molecule has 2 aromatic carbocycles. The Kier molecular flexibility index (Phi) is 7.23. The van der Waals surface area contributed by atoms with E-state index in [1.807, 2.05) is 61.5 Å². The maximum atomic E-state index is 13.0. The summed E-state index contributed by atoms with van der Waals surface area (Å²) in [5.41, 5.74) is 3.82. The fraction of sp³-hybridized carbons (Fsp3) is 0.320. The Morgan fingerprint density at radius 1 is 1.10 bits per heavy atom. The number of nitrogens with one attached hydrogen (secondary N) is 1. The molecular formula is C25H28N2O4. The van der Waals surface area contributed by atoms with Gasteiger partial charge in [-0.15, -0.1) is 0 Å². The van der Waals surface area contributed by atoms with Crippen molar-refractivity contribution >= 4 is 17.8 Å². The number of hydrogen-bond donors (Lipinski definition) is 1. The van der Waals surface area contributed by atoms with Crippen LogP contribution in [0.1, 0.15) is 42.9 Å². The lowest BCUT2D eigenvalue weighted by molar-refractivity contribution is -0.141. The summed E-state index contributed by atoms with van der Waals surface area (Å²) in [4.78, 5) is 39.7. The molecule has 6 heteroatoms. The average Bonchev–Trinajstić information content (AvgIpc) is 2.75. The zero-order chi connectivity index (χ0) is 22.4. The first kappa shape index (κ1) is 22.3. The van der Waals surface area contributed by atoms with Crippen molar-refractivity contribution in [2.75, 3.05) is 13.2 Å². The first-order valence-corrected chi connectivity index (χ1v) is 10.5. The fourth-order valence-electron chi connectivity index (χ4n) is 3.84. The van der Waals surface area contributed by atoms with Crippen LogP contribution in [0.3, 0.4) is 0 Å². The molecule has 0 aromatic heterocycles. The summed E-state index contributed by atoms with van der Waals surface area (Å²) in [5.74, 6) is -1.32. The van der Waals surface area contributed by atoms with Gasteiger partial charge in [-0.05, 0) is 31.9 Å². The van der Waals surface area contributed by atoms with Gasteiger partial charge in [0.2, 0.25) is 11.8 Å². The molecular weight excluding hydrogens is 392 g/mol. The lowest BCUT2D eigenvalue weighted by atomic mass is 9.83. The molecule has 1 heterocycles. The Hall–Kier alpha value is -3.41. The number of carbonyl (C=O) groups is 3. The van der Waals surface area contributed by atoms with Gasteiger partial charge in [-0.25, -0.2) is 4.79 Å². The van der Waals surface area contributed by atoms with Crippen molar-refractivity contribution in [2.24, 2.45) is 0 Å². The third kappa shape index (κ3) is 5.40. The molecule has 0 aliphatic carbocycles. The summed E-state index contributed by atoms with van der Waals surface area (Å²) in [6.45, 7) is 5.90. The third-order valence-corrected chi connectivity index (χ3v) is 5.40. The van der Waals surface area contributed by atoms with Gasteiger partial charge >= 0.3 is 5.97 Å². The number of rotatable bonds is 7. The van der Waals surface area contributed by atoms with E-state index >= 15 is 0 Å². The molecule has 0 fully saturated rings. The van der Waals surface area contributed by atoms with Crippen molar-refractivity contribution in [2.45, 2.75) is 39.7 Å². The van der Waals surface area contributed by atoms with E-state index in [4.69, 9.17) is 4.74 Å². The first-order valence-electron chi connectivity index (χ1n) is 10.5. The highest BCUT2D eigenvalue weighted by Gasteiger charge is 2.37. The topological polar surface area (TPSA) is 75.7 Å². The summed E-state index contributed by atoms with van der Waals surface area (Å²) < 4.78 is 5.29. The Labute approximate surface area is 182 Å². The van der Waals surface area contributed by atoms with E-state index in [0.29, 0.717) is 17.8 Å². The van der Waals surface area contributed by atoms with Gasteiger partial charge in [0.1, 0.15) is 6.54 Å². The van der Waals surface area contributed by atoms with Crippen molar-refractivity contribution in [3.8, 4) is 0 Å². The number of ether oxygens (including phenoxy) is 1. The normalized spacial score (nSPS) is 16.3. The van der Waals surface area contributed by atoms with Gasteiger partial charge in [-0.2, -0.15) is 0 Å². The molecule has 1 aliphatic heterocycles. The van der Waals surface area contributed by atoms with Crippen LogP contribution in [-0.2, 0) is 25.7 Å². The number of benzene rings is 2. The number of carbonyl (C=O) groups excluding carboxylic acids is 3. The van der Waals surface area contributed by atoms with E-state index in [-0.39, 0.29) is 31.4 Å². The Morgan fingerprint density at radius 3 is 2.52 bits per heavy atom. The van der Waals surface area contributed by atoms with Crippen LogP contribution in [0.15, 0.2) is 65.9 Å². The predicted molar refractivity (Wildman–Crippen MR) is 118 cm³/mol. The SMILES string of the molecule is CCOC(=O)C1=C(C)N(CC(=O)NCc2ccccc2)C(=O)CC1c1cccc(C)c1. The molecule has 3 rings (SSSR count). The van der Waals surface area contributed by atoms with Gasteiger partial charge in [0.15, 0.2) is 0 Å². The Balaban J connectivity index is 1.84. The van der Waals surface area contributed by atoms with Crippen molar-refractivity contribution in [3.63, 3.8) is 0 Å². The summed E-state index contributed by atoms with van der Waals surface area (Å²) in [5, 5.41) is 2.84. The van der Waals surface area contributed by atoms with Crippen molar-refractivity contribution in [1.82, 2.24) is 10.2 Å². The highest BCUT2D eigenvalue weighted by atomic mass is 16.5. The van der Waals surface area contributed by atoms with E-state index < -0.39 is 11.9 Å². The minimum Gasteiger partial charge on any atom is -0.463 e. The van der Waals surface area contributed by atoms with E-state index in [1.54, 1.807) is 13.8 Å². The largest absolute Gasteiger partial charge is 0.463 e. The van der Waals surface area contributed by atoms with E-state index in [1.165, 1.54) is 4.90 Å². The Bertz CT molecular complexity index is 998. The molecule has 6 nitrogen and oxygen atoms in total. The first-order chi connectivity index (χ1) is 14.9. The van der Waals surface area contributed by atoms with Crippen LogP contribution in [0.4, 0.5) is 0 Å². The fourth-order valence-corrected chi connectivity index (χ4v) is 3.84. The molecule has 162 valence electrons. The molecule has 0 radical (unpaired) electrons. The highest BCUT2D eigenvalue weighted by Crippen LogP contribution is 2.37. The minimum absolute atomic E-state index is 0.112. The van der Waals surface area contributed by atoms with Gasteiger partial charge in [0.05, 0.1) is 12.2 Å². The minimum atomic E-state index is -0.450. The summed E-state index contributed by atoms with van der Waals surface area (Å²) in [6.07, 6.45) is 0.112. The van der Waals surface area contributed by atoms with Crippen LogP contribution >= 0.6 is 0 Å². The predicted octanol–water partition coefficient (Wildman–Crippen LogP) is 3.46. The second-order valence-electron chi connectivity index (χ2n) is 7.63. The molecule has 1 atom stereocenters. The van der Waals surface area contributed by atoms with Gasteiger partial charge in [-0.3, -0.25) is 9.59 Å². The second kappa shape index (κ2) is 10.1. The summed E-state index contributed by atoms with van der Waals surface area (Å²) in [7, 11) is 0. The van der Waals surface area contributed by atoms with Gasteiger partial charge in [0.25, 0.3) is 0 Å². The van der Waals surface area contributed by atoms with Gasteiger partial charge in [-0.1, -0.05) is 60.2 Å². The molecule has 2 aromatic rings. The molecule has 1 unspecified atom stereocenters. The van der Waals surface area contributed by atoms with Crippen LogP contribution in [0.25, 0.3) is 0 Å². The van der Waals surface area contributed by atoms with Crippen LogP contribution in [-0.4, -0.2) is 35.8 Å². The molecule has 0 saturated heterocycles. The third-order valence-electron chi connectivity index (χ3n) is 5.40. The van der Waals surface area contributed by atoms with Gasteiger partial charge in [0, 0.05) is 24.6 Å². The lowest BCUT2D eigenvalue weighted by Gasteiger charge is -2.34. The number of nitrogens with zero attached hydrogens (tertiary/aromatic N) is 1. The standard InChI is InChI=1S/C25H28N2O4/c1-4-31-25(30)24-18(3)27(16-22(28)26-15-19-10-6-5-7-11-19)23(29)14-21(24)20-12-8-9-17(2)13-20/h5-13,21H,4,14-16H2,1-3H3,(H,26,28). The maximum absolute atomic E-state index is 13.0. The number of allylic oxidation sites excluding steroid dienone is 1. The molecule has 0 spiro atoms. The van der Waals surface area contributed by atoms with Crippen LogP contribution in [0.2, 0.25) is 0 Å². The average molecular weight is 421 g/mol. The quantitative estimate of drug-likeness (QED) is 0.696. The smallest absolute Gasteiger partial charge is 0.336 e. The monoisotopic (exact) mass is 420 g/mol. The van der Waals surface area contributed by atoms with E-state index in [2.05, 4.69) is 5.32 Å². The van der Waals surface area contributed by atoms with Crippen molar-refractivity contribution < 1.29 is 19.1 Å². The zero-order valence-electron chi connectivity index (χ0n) is 18.2. The lowest BCUT2D eigenvalue weighted by Crippen LogP contribution is -2.44. The van der Waals surface area contributed by atoms with E-state index in [9.17, 15) is 14.4 Å². The zero-order valence-corrected chi connectivity index (χ0v) is 18.2. The molecule has 2 amide bonds. The molecule has 0 bridgehead atoms.